The van der Waals surface area contributed by atoms with E-state index < -0.39 is 11.6 Å². The van der Waals surface area contributed by atoms with Crippen LogP contribution < -0.4 is 5.32 Å². The SMILES string of the molecule is CNC(Cc1ccc(F)cc1F)C(OC)C1CCCCC1. The van der Waals surface area contributed by atoms with E-state index in [1.54, 1.807) is 7.11 Å². The number of rotatable bonds is 6. The second-order valence-corrected chi connectivity index (χ2v) is 5.93. The summed E-state index contributed by atoms with van der Waals surface area (Å²) >= 11 is 0. The van der Waals surface area contributed by atoms with Crippen LogP contribution in [0.5, 0.6) is 0 Å². The molecule has 1 saturated carbocycles. The van der Waals surface area contributed by atoms with Crippen molar-refractivity contribution in [2.24, 2.45) is 5.92 Å². The summed E-state index contributed by atoms with van der Waals surface area (Å²) in [6.07, 6.45) is 6.70. The van der Waals surface area contributed by atoms with Gasteiger partial charge in [-0.25, -0.2) is 8.78 Å². The van der Waals surface area contributed by atoms with Crippen LogP contribution in [0.15, 0.2) is 18.2 Å². The van der Waals surface area contributed by atoms with Crippen molar-refractivity contribution in [1.82, 2.24) is 5.32 Å². The molecule has 21 heavy (non-hydrogen) atoms. The zero-order valence-corrected chi connectivity index (χ0v) is 12.9. The summed E-state index contributed by atoms with van der Waals surface area (Å²) in [4.78, 5) is 0. The van der Waals surface area contributed by atoms with E-state index in [0.717, 1.165) is 6.07 Å². The Balaban J connectivity index is 2.09. The van der Waals surface area contributed by atoms with Crippen molar-refractivity contribution in [3.8, 4) is 0 Å². The lowest BCUT2D eigenvalue weighted by Gasteiger charge is -2.35. The number of hydrogen-bond donors (Lipinski definition) is 1. The molecule has 0 heterocycles. The number of methoxy groups -OCH3 is 1. The normalized spacial score (nSPS) is 19.4. The smallest absolute Gasteiger partial charge is 0.129 e. The topological polar surface area (TPSA) is 21.3 Å². The Morgan fingerprint density at radius 3 is 2.52 bits per heavy atom. The molecule has 1 aromatic rings. The largest absolute Gasteiger partial charge is 0.380 e. The van der Waals surface area contributed by atoms with Crippen LogP contribution in [0.25, 0.3) is 0 Å². The van der Waals surface area contributed by atoms with Crippen LogP contribution in [0.3, 0.4) is 0 Å². The summed E-state index contributed by atoms with van der Waals surface area (Å²) in [5, 5.41) is 3.26. The van der Waals surface area contributed by atoms with Gasteiger partial charge in [-0.3, -0.25) is 0 Å². The highest BCUT2D eigenvalue weighted by atomic mass is 19.1. The number of nitrogens with one attached hydrogen (secondary N) is 1. The van der Waals surface area contributed by atoms with Crippen LogP contribution in [-0.4, -0.2) is 26.3 Å². The van der Waals surface area contributed by atoms with Gasteiger partial charge in [0.15, 0.2) is 0 Å². The van der Waals surface area contributed by atoms with E-state index >= 15 is 0 Å². The van der Waals surface area contributed by atoms with Crippen LogP contribution in [0.2, 0.25) is 0 Å². The molecule has 1 aliphatic rings. The highest BCUT2D eigenvalue weighted by Crippen LogP contribution is 2.30. The Labute approximate surface area is 125 Å². The highest BCUT2D eigenvalue weighted by Gasteiger charge is 2.30. The average Bonchev–Trinajstić information content (AvgIpc) is 2.50. The molecule has 0 aromatic heterocycles. The van der Waals surface area contributed by atoms with Crippen LogP contribution in [0.1, 0.15) is 37.7 Å². The molecule has 1 fully saturated rings. The zero-order chi connectivity index (χ0) is 15.2. The van der Waals surface area contributed by atoms with Gasteiger partial charge in [0.05, 0.1) is 6.10 Å². The third-order valence-electron chi connectivity index (χ3n) is 4.61. The second kappa shape index (κ2) is 7.85. The van der Waals surface area contributed by atoms with Gasteiger partial charge in [0.25, 0.3) is 0 Å². The summed E-state index contributed by atoms with van der Waals surface area (Å²) < 4.78 is 32.6. The van der Waals surface area contributed by atoms with Gasteiger partial charge in [-0.15, -0.1) is 0 Å². The fourth-order valence-electron chi connectivity index (χ4n) is 3.45. The Hall–Kier alpha value is -1.00. The van der Waals surface area contributed by atoms with E-state index in [9.17, 15) is 8.78 Å². The molecular weight excluding hydrogens is 272 g/mol. The summed E-state index contributed by atoms with van der Waals surface area (Å²) in [6.45, 7) is 0. The van der Waals surface area contributed by atoms with Crippen LogP contribution in [0, 0.1) is 17.6 Å². The molecule has 0 radical (unpaired) electrons. The summed E-state index contributed by atoms with van der Waals surface area (Å²) in [5.74, 6) is -0.494. The number of halogens is 2. The van der Waals surface area contributed by atoms with Crippen molar-refractivity contribution in [2.75, 3.05) is 14.2 Å². The Morgan fingerprint density at radius 2 is 1.95 bits per heavy atom. The van der Waals surface area contributed by atoms with E-state index in [4.69, 9.17) is 4.74 Å². The number of likely N-dealkylation sites (N-methyl/N-ethyl adjacent to an activating group) is 1. The number of hydrogen-bond acceptors (Lipinski definition) is 2. The predicted molar refractivity (Wildman–Crippen MR) is 80.3 cm³/mol. The van der Waals surface area contributed by atoms with Gasteiger partial charge in [-0.05, 0) is 43.9 Å². The molecule has 1 aromatic carbocycles. The third kappa shape index (κ3) is 4.24. The molecule has 0 bridgehead atoms. The fraction of sp³-hybridized carbons (Fsp3) is 0.647. The maximum Gasteiger partial charge on any atom is 0.129 e. The molecule has 2 atom stereocenters. The lowest BCUT2D eigenvalue weighted by molar-refractivity contribution is 0.00997. The molecule has 2 nitrogen and oxygen atoms in total. The summed E-state index contributed by atoms with van der Waals surface area (Å²) in [7, 11) is 3.60. The van der Waals surface area contributed by atoms with Gasteiger partial charge in [-0.1, -0.05) is 25.3 Å². The number of benzene rings is 1. The predicted octanol–water partition coefficient (Wildman–Crippen LogP) is 3.69. The van der Waals surface area contributed by atoms with Gasteiger partial charge in [0.2, 0.25) is 0 Å². The van der Waals surface area contributed by atoms with Gasteiger partial charge < -0.3 is 10.1 Å². The van der Waals surface area contributed by atoms with E-state index in [1.807, 2.05) is 7.05 Å². The maximum absolute atomic E-state index is 13.8. The second-order valence-electron chi connectivity index (χ2n) is 5.93. The molecule has 118 valence electrons. The lowest BCUT2D eigenvalue weighted by Crippen LogP contribution is -2.45. The van der Waals surface area contributed by atoms with E-state index in [2.05, 4.69) is 5.32 Å². The first-order valence-electron chi connectivity index (χ1n) is 7.79. The van der Waals surface area contributed by atoms with Gasteiger partial charge in [-0.2, -0.15) is 0 Å². The van der Waals surface area contributed by atoms with Crippen molar-refractivity contribution < 1.29 is 13.5 Å². The van der Waals surface area contributed by atoms with Crippen molar-refractivity contribution in [3.63, 3.8) is 0 Å². The van der Waals surface area contributed by atoms with E-state index in [1.165, 1.54) is 44.2 Å². The first-order valence-corrected chi connectivity index (χ1v) is 7.79. The van der Waals surface area contributed by atoms with E-state index in [0.29, 0.717) is 17.9 Å². The molecule has 2 rings (SSSR count). The maximum atomic E-state index is 13.8. The Kier molecular flexibility index (Phi) is 6.12. The fourth-order valence-corrected chi connectivity index (χ4v) is 3.45. The first-order chi connectivity index (χ1) is 10.2. The third-order valence-corrected chi connectivity index (χ3v) is 4.61. The van der Waals surface area contributed by atoms with Crippen LogP contribution in [-0.2, 0) is 11.2 Å². The Morgan fingerprint density at radius 1 is 1.24 bits per heavy atom. The van der Waals surface area contributed by atoms with Crippen molar-refractivity contribution in [2.45, 2.75) is 50.7 Å². The molecule has 2 unspecified atom stereocenters. The quantitative estimate of drug-likeness (QED) is 0.864. The Bertz CT molecular complexity index is 446. The average molecular weight is 297 g/mol. The molecule has 1 N–H and O–H groups in total. The van der Waals surface area contributed by atoms with E-state index in [-0.39, 0.29) is 12.1 Å². The minimum absolute atomic E-state index is 0.0399. The lowest BCUT2D eigenvalue weighted by atomic mass is 9.81. The van der Waals surface area contributed by atoms with Crippen molar-refractivity contribution in [3.05, 3.63) is 35.4 Å². The molecule has 0 saturated heterocycles. The standard InChI is InChI=1S/C17H25F2NO/c1-20-16(10-13-8-9-14(18)11-15(13)19)17(21-2)12-6-4-3-5-7-12/h8-9,11-12,16-17,20H,3-7,10H2,1-2H3. The highest BCUT2D eigenvalue weighted by molar-refractivity contribution is 5.20. The molecule has 0 amide bonds. The minimum Gasteiger partial charge on any atom is -0.380 e. The molecule has 4 heteroatoms. The van der Waals surface area contributed by atoms with Crippen LogP contribution in [0.4, 0.5) is 8.78 Å². The van der Waals surface area contributed by atoms with Crippen molar-refractivity contribution in [1.29, 1.82) is 0 Å². The molecule has 0 spiro atoms. The van der Waals surface area contributed by atoms with Gasteiger partial charge >= 0.3 is 0 Å². The molecular formula is C17H25F2NO. The summed E-state index contributed by atoms with van der Waals surface area (Å²) in [6, 6.07) is 3.83. The van der Waals surface area contributed by atoms with Gasteiger partial charge in [0.1, 0.15) is 11.6 Å². The monoisotopic (exact) mass is 297 g/mol. The summed E-state index contributed by atoms with van der Waals surface area (Å²) in [5.41, 5.74) is 0.536. The first kappa shape index (κ1) is 16.4. The molecule has 0 aliphatic heterocycles. The van der Waals surface area contributed by atoms with Crippen LogP contribution >= 0.6 is 0 Å². The number of ether oxygens (including phenoxy) is 1. The van der Waals surface area contributed by atoms with Crippen molar-refractivity contribution >= 4 is 0 Å². The minimum atomic E-state index is -0.534. The molecule has 1 aliphatic carbocycles. The van der Waals surface area contributed by atoms with Gasteiger partial charge in [0, 0.05) is 19.2 Å². The zero-order valence-electron chi connectivity index (χ0n) is 12.9.